The van der Waals surface area contributed by atoms with Crippen LogP contribution in [0.2, 0.25) is 4.34 Å². The van der Waals surface area contributed by atoms with Gasteiger partial charge in [-0.05, 0) is 65.0 Å². The summed E-state index contributed by atoms with van der Waals surface area (Å²) in [4.78, 5) is 17.5. The SMILES string of the molecule is O=C(C1=CC=C(NSc2sc(Cl)cc2Br)CC1)N1CCN2c3ccccc3OCC2C1. The number of hydrogen-bond acceptors (Lipinski definition) is 6. The lowest BCUT2D eigenvalue weighted by Crippen LogP contribution is -2.58. The fourth-order valence-corrected chi connectivity index (χ4v) is 7.21. The number of fused-ring (bicyclic) bond motifs is 3. The molecule has 3 heterocycles. The Morgan fingerprint density at radius 2 is 2.13 bits per heavy atom. The predicted octanol–water partition coefficient (Wildman–Crippen LogP) is 5.47. The molecule has 1 unspecified atom stereocenters. The third-order valence-corrected chi connectivity index (χ3v) is 9.18. The third-order valence-electron chi connectivity index (χ3n) is 5.70. The van der Waals surface area contributed by atoms with Crippen LogP contribution in [0.25, 0.3) is 0 Å². The van der Waals surface area contributed by atoms with Crippen molar-refractivity contribution >= 4 is 62.4 Å². The number of amides is 1. The number of nitrogens with one attached hydrogen (secondary N) is 1. The van der Waals surface area contributed by atoms with Gasteiger partial charge in [0.05, 0.1) is 20.3 Å². The number of carbonyl (C=O) groups is 1. The minimum atomic E-state index is 0.147. The Morgan fingerprint density at radius 3 is 2.90 bits per heavy atom. The molecule has 1 aromatic carbocycles. The number of thiophene rings is 1. The second kappa shape index (κ2) is 9.10. The van der Waals surface area contributed by atoms with Gasteiger partial charge in [-0.3, -0.25) is 4.79 Å². The second-order valence-corrected chi connectivity index (χ2v) is 11.3. The molecule has 0 radical (unpaired) electrons. The number of nitrogens with zero attached hydrogens (tertiary/aromatic N) is 2. The molecule has 162 valence electrons. The molecule has 0 bridgehead atoms. The molecule has 5 nitrogen and oxygen atoms in total. The lowest BCUT2D eigenvalue weighted by Gasteiger charge is -2.45. The first-order chi connectivity index (χ1) is 15.1. The summed E-state index contributed by atoms with van der Waals surface area (Å²) in [6.45, 7) is 2.89. The molecule has 5 rings (SSSR count). The molecule has 1 fully saturated rings. The van der Waals surface area contributed by atoms with E-state index in [2.05, 4.69) is 31.6 Å². The highest BCUT2D eigenvalue weighted by molar-refractivity contribution is 9.10. The molecule has 31 heavy (non-hydrogen) atoms. The quantitative estimate of drug-likeness (QED) is 0.523. The monoisotopic (exact) mass is 537 g/mol. The highest BCUT2D eigenvalue weighted by Crippen LogP contribution is 2.38. The van der Waals surface area contributed by atoms with Gasteiger partial charge in [0.25, 0.3) is 0 Å². The van der Waals surface area contributed by atoms with Crippen molar-refractivity contribution in [2.45, 2.75) is 23.1 Å². The first-order valence-corrected chi connectivity index (χ1v) is 12.9. The minimum Gasteiger partial charge on any atom is -0.489 e. The van der Waals surface area contributed by atoms with Crippen molar-refractivity contribution in [1.29, 1.82) is 0 Å². The van der Waals surface area contributed by atoms with Gasteiger partial charge in [-0.15, -0.1) is 11.3 Å². The van der Waals surface area contributed by atoms with Gasteiger partial charge in [-0.1, -0.05) is 29.8 Å². The van der Waals surface area contributed by atoms with Gasteiger partial charge < -0.3 is 19.3 Å². The first kappa shape index (κ1) is 21.2. The molecule has 2 aliphatic heterocycles. The smallest absolute Gasteiger partial charge is 0.249 e. The largest absolute Gasteiger partial charge is 0.489 e. The van der Waals surface area contributed by atoms with E-state index < -0.39 is 0 Å². The van der Waals surface area contributed by atoms with Crippen molar-refractivity contribution in [3.8, 4) is 5.75 Å². The van der Waals surface area contributed by atoms with Gasteiger partial charge in [0, 0.05) is 35.4 Å². The zero-order valence-corrected chi connectivity index (χ0v) is 20.6. The molecule has 0 spiro atoms. The summed E-state index contributed by atoms with van der Waals surface area (Å²) in [5.74, 6) is 1.09. The van der Waals surface area contributed by atoms with E-state index in [9.17, 15) is 4.79 Å². The van der Waals surface area contributed by atoms with E-state index in [1.54, 1.807) is 11.9 Å². The molecule has 9 heteroatoms. The summed E-state index contributed by atoms with van der Waals surface area (Å²) in [5.41, 5.74) is 3.12. The molecule has 3 aliphatic rings. The van der Waals surface area contributed by atoms with Crippen molar-refractivity contribution in [2.75, 3.05) is 31.1 Å². The zero-order chi connectivity index (χ0) is 21.4. The van der Waals surface area contributed by atoms with Gasteiger partial charge in [0.15, 0.2) is 0 Å². The number of para-hydroxylation sites is 2. The number of rotatable bonds is 4. The molecular weight excluding hydrogens is 518 g/mol. The fraction of sp³-hybridized carbons (Fsp3) is 0.318. The van der Waals surface area contributed by atoms with Crippen LogP contribution in [0.15, 0.2) is 62.4 Å². The number of carbonyl (C=O) groups excluding carboxylic acids is 1. The van der Waals surface area contributed by atoms with E-state index >= 15 is 0 Å². The van der Waals surface area contributed by atoms with E-state index in [-0.39, 0.29) is 11.9 Å². The normalized spacial score (nSPS) is 20.3. The Bertz CT molecular complexity index is 1070. The van der Waals surface area contributed by atoms with Crippen molar-refractivity contribution in [3.63, 3.8) is 0 Å². The molecule has 1 aromatic heterocycles. The van der Waals surface area contributed by atoms with E-state index in [1.807, 2.05) is 41.3 Å². The number of piperazine rings is 1. The van der Waals surface area contributed by atoms with Gasteiger partial charge in [0.1, 0.15) is 12.4 Å². The molecule has 0 saturated carbocycles. The molecule has 1 saturated heterocycles. The summed E-state index contributed by atoms with van der Waals surface area (Å²) in [6, 6.07) is 10.3. The van der Waals surface area contributed by atoms with Crippen LogP contribution in [-0.2, 0) is 4.79 Å². The Kier molecular flexibility index (Phi) is 6.23. The van der Waals surface area contributed by atoms with Crippen molar-refractivity contribution in [2.24, 2.45) is 0 Å². The number of hydrogen-bond donors (Lipinski definition) is 1. The molecule has 1 aliphatic carbocycles. The molecule has 1 N–H and O–H groups in total. The fourth-order valence-electron chi connectivity index (χ4n) is 4.11. The average molecular weight is 539 g/mol. The number of anilines is 1. The maximum absolute atomic E-state index is 13.1. The number of ether oxygens (including phenoxy) is 1. The van der Waals surface area contributed by atoms with Crippen molar-refractivity contribution in [1.82, 2.24) is 9.62 Å². The highest BCUT2D eigenvalue weighted by Gasteiger charge is 2.35. The van der Waals surface area contributed by atoms with Crippen LogP contribution in [0.1, 0.15) is 12.8 Å². The Balaban J connectivity index is 1.20. The summed E-state index contributed by atoms with van der Waals surface area (Å²) in [5, 5.41) is 0. The van der Waals surface area contributed by atoms with Gasteiger partial charge >= 0.3 is 0 Å². The Labute approximate surface area is 203 Å². The highest BCUT2D eigenvalue weighted by atomic mass is 79.9. The van der Waals surface area contributed by atoms with E-state index in [0.717, 1.165) is 61.7 Å². The van der Waals surface area contributed by atoms with E-state index in [0.29, 0.717) is 13.2 Å². The average Bonchev–Trinajstić information content (AvgIpc) is 3.13. The van der Waals surface area contributed by atoms with Gasteiger partial charge in [-0.25, -0.2) is 0 Å². The van der Waals surface area contributed by atoms with Crippen molar-refractivity contribution in [3.05, 3.63) is 62.6 Å². The zero-order valence-electron chi connectivity index (χ0n) is 16.6. The summed E-state index contributed by atoms with van der Waals surface area (Å²) < 4.78 is 12.2. The van der Waals surface area contributed by atoms with Crippen LogP contribution < -0.4 is 14.4 Å². The molecule has 1 amide bonds. The van der Waals surface area contributed by atoms with Crippen LogP contribution >= 0.6 is 50.8 Å². The number of benzene rings is 1. The Hall–Kier alpha value is -1.61. The van der Waals surface area contributed by atoms with Crippen LogP contribution in [-0.4, -0.2) is 43.1 Å². The van der Waals surface area contributed by atoms with Crippen LogP contribution in [0.5, 0.6) is 5.75 Å². The van der Waals surface area contributed by atoms with Crippen LogP contribution in [0.4, 0.5) is 5.69 Å². The summed E-state index contributed by atoms with van der Waals surface area (Å²) >= 11 is 12.6. The van der Waals surface area contributed by atoms with Crippen LogP contribution in [0.3, 0.4) is 0 Å². The predicted molar refractivity (Wildman–Crippen MR) is 131 cm³/mol. The standard InChI is InChI=1S/C22H21BrClN3O2S2/c23-17-11-20(24)30-22(17)31-25-15-7-5-14(6-8-15)21(28)26-9-10-27-16(12-26)13-29-19-4-2-1-3-18(19)27/h1-5,7,11,16,25H,6,8-10,12-13H2. The number of halogens is 2. The number of allylic oxidation sites excluding steroid dienone is 3. The second-order valence-electron chi connectivity index (χ2n) is 7.65. The first-order valence-electron chi connectivity index (χ1n) is 10.1. The topological polar surface area (TPSA) is 44.8 Å². The lowest BCUT2D eigenvalue weighted by atomic mass is 10.0. The van der Waals surface area contributed by atoms with Gasteiger partial charge in [0.2, 0.25) is 5.91 Å². The molecular formula is C22H21BrClN3O2S2. The maximum Gasteiger partial charge on any atom is 0.249 e. The van der Waals surface area contributed by atoms with Gasteiger partial charge in [-0.2, -0.15) is 0 Å². The van der Waals surface area contributed by atoms with E-state index in [1.165, 1.54) is 11.3 Å². The minimum absolute atomic E-state index is 0.147. The lowest BCUT2D eigenvalue weighted by molar-refractivity contribution is -0.128. The maximum atomic E-state index is 13.1. The summed E-state index contributed by atoms with van der Waals surface area (Å²) in [7, 11) is 0. The van der Waals surface area contributed by atoms with Crippen molar-refractivity contribution < 1.29 is 9.53 Å². The van der Waals surface area contributed by atoms with E-state index in [4.69, 9.17) is 16.3 Å². The Morgan fingerprint density at radius 1 is 1.26 bits per heavy atom. The molecule has 2 aromatic rings. The third kappa shape index (κ3) is 4.49. The van der Waals surface area contributed by atoms with Crippen LogP contribution in [0, 0.1) is 0 Å². The summed E-state index contributed by atoms with van der Waals surface area (Å²) in [6.07, 6.45) is 5.54. The molecule has 1 atom stereocenters.